The van der Waals surface area contributed by atoms with Crippen molar-refractivity contribution in [3.05, 3.63) is 36.0 Å². The van der Waals surface area contributed by atoms with Gasteiger partial charge in [-0.1, -0.05) is 32.1 Å². The van der Waals surface area contributed by atoms with Crippen LogP contribution in [-0.2, 0) is 9.59 Å². The second kappa shape index (κ2) is 5.26. The molecule has 4 nitrogen and oxygen atoms in total. The Bertz CT molecular complexity index is 828. The zero-order valence-electron chi connectivity index (χ0n) is 16.2. The molecule has 0 saturated heterocycles. The quantitative estimate of drug-likeness (QED) is 0.740. The van der Waals surface area contributed by atoms with Gasteiger partial charge in [0.05, 0.1) is 6.10 Å². The Morgan fingerprint density at radius 2 is 1.96 bits per heavy atom. The monoisotopic (exact) mass is 374 g/mol. The van der Waals surface area contributed by atoms with Crippen molar-refractivity contribution in [1.29, 1.82) is 0 Å². The number of carbonyl (C=O) groups is 2. The summed E-state index contributed by atoms with van der Waals surface area (Å²) in [4.78, 5) is 24.2. The molecule has 0 aromatic rings. The number of fused-ring (bicyclic) bond motifs is 5. The van der Waals surface area contributed by atoms with Crippen molar-refractivity contribution in [3.63, 3.8) is 0 Å². The molecule has 2 fully saturated rings. The van der Waals surface area contributed by atoms with E-state index in [0.717, 1.165) is 0 Å². The number of hydrogen-bond acceptors (Lipinski definition) is 4. The maximum atomic E-state index is 16.8. The molecule has 0 aromatic carbocycles. The number of ketones is 2. The predicted molar refractivity (Wildman–Crippen MR) is 98.4 cm³/mol. The van der Waals surface area contributed by atoms with E-state index in [1.807, 2.05) is 13.8 Å². The first-order valence-electron chi connectivity index (χ1n) is 9.67. The lowest BCUT2D eigenvalue weighted by atomic mass is 9.46. The molecule has 146 valence electrons. The number of hydrogen-bond donors (Lipinski definition) is 2. The lowest BCUT2D eigenvalue weighted by Gasteiger charge is -2.60. The Hall–Kier alpha value is -1.59. The molecule has 5 heteroatoms. The molecular formula is C22H27FO4. The average molecular weight is 374 g/mol. The molecule has 27 heavy (non-hydrogen) atoms. The van der Waals surface area contributed by atoms with E-state index in [2.05, 4.69) is 0 Å². The second-order valence-electron chi connectivity index (χ2n) is 9.39. The summed E-state index contributed by atoms with van der Waals surface area (Å²) in [6.45, 7) is 6.74. The predicted octanol–water partition coefficient (Wildman–Crippen LogP) is 2.70. The van der Waals surface area contributed by atoms with Gasteiger partial charge in [-0.05, 0) is 56.3 Å². The van der Waals surface area contributed by atoms with Crippen LogP contribution in [0, 0.1) is 28.6 Å². The number of rotatable bonds is 1. The van der Waals surface area contributed by atoms with Crippen molar-refractivity contribution >= 4 is 11.6 Å². The molecule has 0 heterocycles. The van der Waals surface area contributed by atoms with Crippen LogP contribution in [0.4, 0.5) is 4.39 Å². The van der Waals surface area contributed by atoms with Crippen molar-refractivity contribution in [2.75, 3.05) is 0 Å². The van der Waals surface area contributed by atoms with E-state index in [4.69, 9.17) is 0 Å². The van der Waals surface area contributed by atoms with Gasteiger partial charge in [0.2, 0.25) is 0 Å². The number of aliphatic hydroxyl groups excluding tert-OH is 1. The SMILES string of the molecule is CC(=O)[C@@]1(O)[C@H](C)C[C@H]2[C@@H]3C=CC4=CC(=O)C=C[C@]4(C)[C@@]3(F)[C@@H](O)C[C@@]21C. The summed E-state index contributed by atoms with van der Waals surface area (Å²) in [6, 6.07) is 0. The van der Waals surface area contributed by atoms with Gasteiger partial charge in [-0.15, -0.1) is 0 Å². The zero-order chi connectivity index (χ0) is 20.0. The highest BCUT2D eigenvalue weighted by Crippen LogP contribution is 2.69. The molecule has 0 spiro atoms. The highest BCUT2D eigenvalue weighted by Gasteiger charge is 2.74. The van der Waals surface area contributed by atoms with Gasteiger partial charge in [0.15, 0.2) is 17.2 Å². The molecule has 0 aliphatic heterocycles. The third kappa shape index (κ3) is 1.90. The minimum absolute atomic E-state index is 0.00355. The standard InChI is InChI=1S/C22H27FO4/c1-12-9-17-16-6-5-14-10-15(25)7-8-19(14,3)21(16,23)18(26)11-20(17,4)22(12,27)13(2)24/h5-8,10,12,16-18,26-27H,9,11H2,1-4H3/t12-,16+,17+,18+,19+,20+,21+,22+/m1/s1. The van der Waals surface area contributed by atoms with Crippen LogP contribution in [0.2, 0.25) is 0 Å². The normalized spacial score (nSPS) is 53.4. The minimum atomic E-state index is -2.00. The first kappa shape index (κ1) is 18.8. The maximum Gasteiger partial charge on any atom is 0.178 e. The van der Waals surface area contributed by atoms with Crippen LogP contribution >= 0.6 is 0 Å². The van der Waals surface area contributed by atoms with Gasteiger partial charge in [-0.2, -0.15) is 0 Å². The van der Waals surface area contributed by atoms with Gasteiger partial charge in [-0.25, -0.2) is 4.39 Å². The van der Waals surface area contributed by atoms with Crippen molar-refractivity contribution < 1.29 is 24.2 Å². The van der Waals surface area contributed by atoms with Crippen LogP contribution in [-0.4, -0.2) is 39.2 Å². The minimum Gasteiger partial charge on any atom is -0.390 e. The van der Waals surface area contributed by atoms with Crippen LogP contribution in [0.25, 0.3) is 0 Å². The summed E-state index contributed by atoms with van der Waals surface area (Å²) < 4.78 is 16.8. The molecule has 0 amide bonds. The molecule has 0 aromatic heterocycles. The summed E-state index contributed by atoms with van der Waals surface area (Å²) in [5.41, 5.74) is -5.06. The fourth-order valence-corrected chi connectivity index (χ4v) is 6.76. The summed E-state index contributed by atoms with van der Waals surface area (Å²) in [5, 5.41) is 22.4. The Balaban J connectivity index is 1.90. The summed E-state index contributed by atoms with van der Waals surface area (Å²) in [7, 11) is 0. The molecule has 2 saturated carbocycles. The molecule has 0 radical (unpaired) electrons. The summed E-state index contributed by atoms with van der Waals surface area (Å²) in [5.74, 6) is -1.77. The highest BCUT2D eigenvalue weighted by atomic mass is 19.1. The van der Waals surface area contributed by atoms with Crippen LogP contribution < -0.4 is 0 Å². The molecule has 0 unspecified atom stereocenters. The fourth-order valence-electron chi connectivity index (χ4n) is 6.76. The van der Waals surface area contributed by atoms with E-state index < -0.39 is 34.1 Å². The van der Waals surface area contributed by atoms with Crippen LogP contribution in [0.1, 0.15) is 40.5 Å². The molecule has 4 aliphatic rings. The Labute approximate surface area is 158 Å². The van der Waals surface area contributed by atoms with Crippen LogP contribution in [0.15, 0.2) is 36.0 Å². The average Bonchev–Trinajstić information content (AvgIpc) is 2.79. The third-order valence-electron chi connectivity index (χ3n) is 8.32. The number of allylic oxidation sites excluding steroid dienone is 6. The van der Waals surface area contributed by atoms with Gasteiger partial charge < -0.3 is 10.2 Å². The van der Waals surface area contributed by atoms with Gasteiger partial charge >= 0.3 is 0 Å². The van der Waals surface area contributed by atoms with Crippen molar-refractivity contribution in [1.82, 2.24) is 0 Å². The lowest BCUT2D eigenvalue weighted by Crippen LogP contribution is -2.68. The van der Waals surface area contributed by atoms with Crippen LogP contribution in [0.3, 0.4) is 0 Å². The molecule has 4 rings (SSSR count). The van der Waals surface area contributed by atoms with E-state index in [9.17, 15) is 19.8 Å². The Morgan fingerprint density at radius 3 is 2.59 bits per heavy atom. The number of carbonyl (C=O) groups excluding carboxylic acids is 2. The van der Waals surface area contributed by atoms with E-state index in [1.165, 1.54) is 19.1 Å². The topological polar surface area (TPSA) is 74.6 Å². The number of halogens is 1. The Morgan fingerprint density at radius 1 is 1.30 bits per heavy atom. The van der Waals surface area contributed by atoms with Gasteiger partial charge in [0.25, 0.3) is 0 Å². The van der Waals surface area contributed by atoms with E-state index in [1.54, 1.807) is 25.2 Å². The molecular weight excluding hydrogens is 347 g/mol. The van der Waals surface area contributed by atoms with Gasteiger partial charge in [0, 0.05) is 16.7 Å². The lowest BCUT2D eigenvalue weighted by molar-refractivity contribution is -0.203. The first-order valence-corrected chi connectivity index (χ1v) is 9.67. The molecule has 8 atom stereocenters. The molecule has 2 N–H and O–H groups in total. The van der Waals surface area contributed by atoms with Crippen LogP contribution in [0.5, 0.6) is 0 Å². The second-order valence-corrected chi connectivity index (χ2v) is 9.39. The maximum absolute atomic E-state index is 16.8. The van der Waals surface area contributed by atoms with E-state index in [-0.39, 0.29) is 29.8 Å². The van der Waals surface area contributed by atoms with Crippen molar-refractivity contribution in [2.24, 2.45) is 28.6 Å². The van der Waals surface area contributed by atoms with E-state index in [0.29, 0.717) is 12.0 Å². The summed E-state index contributed by atoms with van der Waals surface area (Å²) >= 11 is 0. The highest BCUT2D eigenvalue weighted by molar-refractivity contribution is 6.01. The van der Waals surface area contributed by atoms with Gasteiger partial charge in [0.1, 0.15) is 5.60 Å². The molecule has 4 aliphatic carbocycles. The smallest absolute Gasteiger partial charge is 0.178 e. The van der Waals surface area contributed by atoms with Gasteiger partial charge in [-0.3, -0.25) is 9.59 Å². The summed E-state index contributed by atoms with van der Waals surface area (Å²) in [6.07, 6.45) is 7.03. The molecule has 0 bridgehead atoms. The van der Waals surface area contributed by atoms with E-state index >= 15 is 4.39 Å². The zero-order valence-corrected chi connectivity index (χ0v) is 16.2. The fraction of sp³-hybridized carbons (Fsp3) is 0.636. The third-order valence-corrected chi connectivity index (χ3v) is 8.32. The first-order chi connectivity index (χ1) is 12.4. The van der Waals surface area contributed by atoms with Crippen molar-refractivity contribution in [2.45, 2.75) is 57.9 Å². The largest absolute Gasteiger partial charge is 0.390 e. The number of aliphatic hydroxyl groups is 2. The number of alkyl halides is 1. The Kier molecular flexibility index (Phi) is 3.66. The number of Topliss-reactive ketones (excluding diaryl/α,β-unsaturated/α-hetero) is 1. The van der Waals surface area contributed by atoms with Crippen molar-refractivity contribution in [3.8, 4) is 0 Å².